The summed E-state index contributed by atoms with van der Waals surface area (Å²) in [6.07, 6.45) is 0. The summed E-state index contributed by atoms with van der Waals surface area (Å²) in [6, 6.07) is 14.2. The lowest BCUT2D eigenvalue weighted by molar-refractivity contribution is 0.199. The molecule has 0 bridgehead atoms. The molecule has 4 nitrogen and oxygen atoms in total. The highest BCUT2D eigenvalue weighted by Crippen LogP contribution is 2.29. The largest absolute Gasteiger partial charge is 0.493 e. The first-order valence-corrected chi connectivity index (χ1v) is 7.78. The maximum absolute atomic E-state index is 5.93. The number of rotatable bonds is 9. The lowest BCUT2D eigenvalue weighted by Crippen LogP contribution is -2.18. The molecule has 0 saturated carbocycles. The Morgan fingerprint density at radius 1 is 1.00 bits per heavy atom. The number of benzene rings is 2. The molecule has 0 aromatic heterocycles. The fourth-order valence-electron chi connectivity index (χ4n) is 2.28. The van der Waals surface area contributed by atoms with Crippen LogP contribution in [-0.2, 0) is 17.9 Å². The highest BCUT2D eigenvalue weighted by atomic mass is 16.5. The molecule has 0 amide bonds. The van der Waals surface area contributed by atoms with Gasteiger partial charge in [0.05, 0.1) is 13.7 Å². The quantitative estimate of drug-likeness (QED) is 0.721. The highest BCUT2D eigenvalue weighted by molar-refractivity contribution is 5.43. The van der Waals surface area contributed by atoms with E-state index in [1.165, 1.54) is 11.1 Å². The molecule has 2 aromatic carbocycles. The molecule has 1 N–H and O–H groups in total. The van der Waals surface area contributed by atoms with Gasteiger partial charge in [0.15, 0.2) is 11.5 Å². The molecule has 0 atom stereocenters. The Morgan fingerprint density at radius 2 is 1.83 bits per heavy atom. The number of ether oxygens (including phenoxy) is 3. The molecule has 0 aliphatic carbocycles. The average molecular weight is 315 g/mol. The van der Waals surface area contributed by atoms with E-state index in [0.29, 0.717) is 13.2 Å². The molecule has 0 unspecified atom stereocenters. The van der Waals surface area contributed by atoms with Crippen LogP contribution in [0.1, 0.15) is 16.7 Å². The lowest BCUT2D eigenvalue weighted by atomic mass is 10.1. The standard InChI is InChI=1S/C19H25NO3/c1-15-6-4-5-7-17(15)14-23-18-9-8-16(12-19(18)22-3)13-20-10-11-21-2/h4-9,12,20H,10-11,13-14H2,1-3H3. The van der Waals surface area contributed by atoms with E-state index in [9.17, 15) is 0 Å². The van der Waals surface area contributed by atoms with Gasteiger partial charge < -0.3 is 19.5 Å². The van der Waals surface area contributed by atoms with E-state index in [-0.39, 0.29) is 0 Å². The first-order valence-electron chi connectivity index (χ1n) is 7.78. The minimum absolute atomic E-state index is 0.536. The van der Waals surface area contributed by atoms with Crippen molar-refractivity contribution in [1.82, 2.24) is 5.32 Å². The molecule has 23 heavy (non-hydrogen) atoms. The van der Waals surface area contributed by atoms with Gasteiger partial charge in [-0.05, 0) is 35.7 Å². The van der Waals surface area contributed by atoms with Crippen molar-refractivity contribution in [3.05, 3.63) is 59.2 Å². The van der Waals surface area contributed by atoms with E-state index in [2.05, 4.69) is 30.4 Å². The van der Waals surface area contributed by atoms with Gasteiger partial charge in [0.2, 0.25) is 0 Å². The third-order valence-corrected chi connectivity index (χ3v) is 3.68. The van der Waals surface area contributed by atoms with Crippen molar-refractivity contribution in [3.63, 3.8) is 0 Å². The van der Waals surface area contributed by atoms with Crippen molar-refractivity contribution < 1.29 is 14.2 Å². The van der Waals surface area contributed by atoms with Gasteiger partial charge >= 0.3 is 0 Å². The van der Waals surface area contributed by atoms with E-state index >= 15 is 0 Å². The van der Waals surface area contributed by atoms with Crippen molar-refractivity contribution >= 4 is 0 Å². The number of hydrogen-bond donors (Lipinski definition) is 1. The summed E-state index contributed by atoms with van der Waals surface area (Å²) in [5, 5.41) is 3.32. The van der Waals surface area contributed by atoms with Crippen LogP contribution in [0.15, 0.2) is 42.5 Å². The van der Waals surface area contributed by atoms with Crippen LogP contribution >= 0.6 is 0 Å². The molecular formula is C19H25NO3. The van der Waals surface area contributed by atoms with Crippen molar-refractivity contribution in [2.45, 2.75) is 20.1 Å². The van der Waals surface area contributed by atoms with Gasteiger partial charge in [-0.15, -0.1) is 0 Å². The van der Waals surface area contributed by atoms with Gasteiger partial charge in [-0.25, -0.2) is 0 Å². The number of methoxy groups -OCH3 is 2. The minimum atomic E-state index is 0.536. The molecule has 0 fully saturated rings. The molecule has 0 saturated heterocycles. The van der Waals surface area contributed by atoms with Crippen LogP contribution < -0.4 is 14.8 Å². The molecule has 0 heterocycles. The van der Waals surface area contributed by atoms with Crippen LogP contribution in [-0.4, -0.2) is 27.4 Å². The summed E-state index contributed by atoms with van der Waals surface area (Å²) in [6.45, 7) is 4.93. The minimum Gasteiger partial charge on any atom is -0.493 e. The number of hydrogen-bond acceptors (Lipinski definition) is 4. The maximum Gasteiger partial charge on any atom is 0.161 e. The lowest BCUT2D eigenvalue weighted by Gasteiger charge is -2.13. The van der Waals surface area contributed by atoms with Crippen LogP contribution in [0, 0.1) is 6.92 Å². The number of aryl methyl sites for hydroxylation is 1. The third kappa shape index (κ3) is 5.27. The van der Waals surface area contributed by atoms with Gasteiger partial charge in [0, 0.05) is 20.2 Å². The summed E-state index contributed by atoms with van der Waals surface area (Å²) in [5.74, 6) is 1.51. The van der Waals surface area contributed by atoms with Crippen molar-refractivity contribution in [2.24, 2.45) is 0 Å². The Balaban J connectivity index is 1.97. The fraction of sp³-hybridized carbons (Fsp3) is 0.368. The Morgan fingerprint density at radius 3 is 2.57 bits per heavy atom. The zero-order valence-electron chi connectivity index (χ0n) is 14.1. The van der Waals surface area contributed by atoms with Crippen molar-refractivity contribution in [3.8, 4) is 11.5 Å². The maximum atomic E-state index is 5.93. The van der Waals surface area contributed by atoms with Crippen molar-refractivity contribution in [1.29, 1.82) is 0 Å². The van der Waals surface area contributed by atoms with Crippen LogP contribution in [0.4, 0.5) is 0 Å². The van der Waals surface area contributed by atoms with Crippen LogP contribution in [0.5, 0.6) is 11.5 Å². The molecule has 4 heteroatoms. The first kappa shape index (κ1) is 17.3. The molecule has 0 spiro atoms. The Labute approximate surface area is 138 Å². The Bertz CT molecular complexity index is 613. The fourth-order valence-corrected chi connectivity index (χ4v) is 2.28. The zero-order chi connectivity index (χ0) is 16.5. The SMILES string of the molecule is COCCNCc1ccc(OCc2ccccc2C)c(OC)c1. The second-order valence-electron chi connectivity index (χ2n) is 5.37. The smallest absolute Gasteiger partial charge is 0.161 e. The summed E-state index contributed by atoms with van der Waals surface area (Å²) in [7, 11) is 3.36. The first-order chi connectivity index (χ1) is 11.2. The molecule has 2 aromatic rings. The predicted molar refractivity (Wildman–Crippen MR) is 92.1 cm³/mol. The van der Waals surface area contributed by atoms with E-state index in [1.807, 2.05) is 24.3 Å². The zero-order valence-corrected chi connectivity index (χ0v) is 14.1. The van der Waals surface area contributed by atoms with Gasteiger partial charge in [0.25, 0.3) is 0 Å². The molecule has 0 aliphatic heterocycles. The second kappa shape index (κ2) is 9.18. The summed E-state index contributed by atoms with van der Waals surface area (Å²) in [4.78, 5) is 0. The van der Waals surface area contributed by atoms with Crippen LogP contribution in [0.25, 0.3) is 0 Å². The molecule has 124 valence electrons. The second-order valence-corrected chi connectivity index (χ2v) is 5.37. The third-order valence-electron chi connectivity index (χ3n) is 3.68. The topological polar surface area (TPSA) is 39.7 Å². The molecule has 0 radical (unpaired) electrons. The van der Waals surface area contributed by atoms with E-state index in [4.69, 9.17) is 14.2 Å². The Hall–Kier alpha value is -2.04. The van der Waals surface area contributed by atoms with E-state index in [1.54, 1.807) is 14.2 Å². The monoisotopic (exact) mass is 315 g/mol. The van der Waals surface area contributed by atoms with Crippen LogP contribution in [0.2, 0.25) is 0 Å². The normalized spacial score (nSPS) is 10.6. The Kier molecular flexibility index (Phi) is 6.91. The number of nitrogens with one attached hydrogen (secondary N) is 1. The summed E-state index contributed by atoms with van der Waals surface area (Å²) in [5.41, 5.74) is 3.56. The molecule has 0 aliphatic rings. The molecule has 2 rings (SSSR count). The van der Waals surface area contributed by atoms with Gasteiger partial charge in [-0.1, -0.05) is 30.3 Å². The highest BCUT2D eigenvalue weighted by Gasteiger charge is 2.07. The predicted octanol–water partition coefficient (Wildman–Crippen LogP) is 3.32. The van der Waals surface area contributed by atoms with Gasteiger partial charge in [-0.3, -0.25) is 0 Å². The average Bonchev–Trinajstić information content (AvgIpc) is 2.58. The summed E-state index contributed by atoms with van der Waals surface area (Å²) >= 11 is 0. The van der Waals surface area contributed by atoms with Crippen molar-refractivity contribution in [2.75, 3.05) is 27.4 Å². The van der Waals surface area contributed by atoms with Crippen LogP contribution in [0.3, 0.4) is 0 Å². The van der Waals surface area contributed by atoms with E-state index < -0.39 is 0 Å². The molecular weight excluding hydrogens is 290 g/mol. The van der Waals surface area contributed by atoms with E-state index in [0.717, 1.165) is 30.2 Å². The summed E-state index contributed by atoms with van der Waals surface area (Å²) < 4.78 is 16.4. The van der Waals surface area contributed by atoms with Gasteiger partial charge in [0.1, 0.15) is 6.61 Å². The van der Waals surface area contributed by atoms with Gasteiger partial charge in [-0.2, -0.15) is 0 Å².